The number of benzene rings is 3. The first-order valence-electron chi connectivity index (χ1n) is 10.5. The second kappa shape index (κ2) is 12.1. The molecule has 10 heteroatoms. The molecule has 0 atom stereocenters. The van der Waals surface area contributed by atoms with E-state index in [0.29, 0.717) is 46.3 Å². The summed E-state index contributed by atoms with van der Waals surface area (Å²) < 4.78 is 34.4. The molecule has 0 heterocycles. The maximum absolute atomic E-state index is 11.4. The van der Waals surface area contributed by atoms with Crippen molar-refractivity contribution in [1.29, 1.82) is 0 Å². The second-order valence-corrected chi connectivity index (χ2v) is 10.3. The average Bonchev–Trinajstić information content (AvgIpc) is 2.78. The van der Waals surface area contributed by atoms with Crippen molar-refractivity contribution in [3.63, 3.8) is 0 Å². The first-order chi connectivity index (χ1) is 16.2. The molecule has 0 amide bonds. The maximum Gasteiger partial charge on any atom is 0.238 e. The Balaban J connectivity index is 1.60. The van der Waals surface area contributed by atoms with Crippen LogP contribution in [-0.4, -0.2) is 21.6 Å². The standard InChI is InChI=1S/C24H25Cl3N2O4S/c1-2-32-23-13-18(14-29-10-9-16-3-6-19(7-4-16)34(28,30)31)12-22(27)24(23)33-15-17-5-8-20(25)21(26)11-17/h3-8,11-13,29H,2,9-10,14-15H2,1H3,(H2,28,30,31). The van der Waals surface area contributed by atoms with Gasteiger partial charge in [-0.05, 0) is 73.0 Å². The monoisotopic (exact) mass is 542 g/mol. The first kappa shape index (κ1) is 26.6. The molecule has 0 aliphatic rings. The van der Waals surface area contributed by atoms with Crippen LogP contribution in [0.1, 0.15) is 23.6 Å². The van der Waals surface area contributed by atoms with Crippen LogP contribution >= 0.6 is 34.8 Å². The molecule has 0 bridgehead atoms. The van der Waals surface area contributed by atoms with Crippen LogP contribution < -0.4 is 19.9 Å². The molecule has 0 saturated heterocycles. The third-order valence-corrected chi connectivity index (χ3v) is 6.86. The van der Waals surface area contributed by atoms with Gasteiger partial charge >= 0.3 is 0 Å². The number of sulfonamides is 1. The minimum atomic E-state index is -3.68. The number of rotatable bonds is 11. The highest BCUT2D eigenvalue weighted by Crippen LogP contribution is 2.37. The fraction of sp³-hybridized carbons (Fsp3) is 0.250. The van der Waals surface area contributed by atoms with Crippen molar-refractivity contribution in [2.24, 2.45) is 5.14 Å². The third kappa shape index (κ3) is 7.50. The Hall–Kier alpha value is -2.00. The average molecular weight is 544 g/mol. The Kier molecular flexibility index (Phi) is 9.47. The maximum atomic E-state index is 11.4. The molecule has 3 rings (SSSR count). The zero-order valence-corrected chi connectivity index (χ0v) is 21.6. The van der Waals surface area contributed by atoms with Crippen molar-refractivity contribution in [3.8, 4) is 11.5 Å². The summed E-state index contributed by atoms with van der Waals surface area (Å²) in [4.78, 5) is 0.101. The van der Waals surface area contributed by atoms with E-state index in [1.165, 1.54) is 12.1 Å². The molecule has 0 radical (unpaired) electrons. The fourth-order valence-corrected chi connectivity index (χ4v) is 4.35. The molecule has 3 N–H and O–H groups in total. The molecule has 0 unspecified atom stereocenters. The lowest BCUT2D eigenvalue weighted by atomic mass is 10.1. The number of hydrogen-bond donors (Lipinski definition) is 2. The van der Waals surface area contributed by atoms with Crippen LogP contribution in [0.4, 0.5) is 0 Å². The summed E-state index contributed by atoms with van der Waals surface area (Å²) in [7, 11) is -3.68. The van der Waals surface area contributed by atoms with Gasteiger partial charge in [-0.15, -0.1) is 0 Å². The molecule has 3 aromatic rings. The molecule has 3 aromatic carbocycles. The minimum Gasteiger partial charge on any atom is -0.490 e. The fourth-order valence-electron chi connectivity index (χ4n) is 3.22. The number of halogens is 3. The molecule has 0 aliphatic carbocycles. The molecule has 0 aliphatic heterocycles. The van der Waals surface area contributed by atoms with Gasteiger partial charge in [-0.1, -0.05) is 53.0 Å². The van der Waals surface area contributed by atoms with Gasteiger partial charge in [-0.25, -0.2) is 13.6 Å². The molecule has 182 valence electrons. The van der Waals surface area contributed by atoms with Gasteiger partial charge < -0.3 is 14.8 Å². The molecule has 0 saturated carbocycles. The van der Waals surface area contributed by atoms with Crippen LogP contribution in [0.3, 0.4) is 0 Å². The van der Waals surface area contributed by atoms with Gasteiger partial charge in [0.25, 0.3) is 0 Å². The summed E-state index contributed by atoms with van der Waals surface area (Å²) in [5.41, 5.74) is 2.80. The van der Waals surface area contributed by atoms with E-state index >= 15 is 0 Å². The number of nitrogens with one attached hydrogen (secondary N) is 1. The Morgan fingerprint density at radius 1 is 0.853 bits per heavy atom. The SMILES string of the molecule is CCOc1cc(CNCCc2ccc(S(N)(=O)=O)cc2)cc(Cl)c1OCc1ccc(Cl)c(Cl)c1. The normalized spacial score (nSPS) is 11.4. The summed E-state index contributed by atoms with van der Waals surface area (Å²) in [5, 5.41) is 9.87. The van der Waals surface area contributed by atoms with Gasteiger partial charge in [0.05, 0.1) is 26.6 Å². The molecule has 6 nitrogen and oxygen atoms in total. The van der Waals surface area contributed by atoms with Crippen molar-refractivity contribution in [2.75, 3.05) is 13.2 Å². The van der Waals surface area contributed by atoms with Crippen LogP contribution in [0.2, 0.25) is 15.1 Å². The largest absolute Gasteiger partial charge is 0.490 e. The molecular weight excluding hydrogens is 519 g/mol. The lowest BCUT2D eigenvalue weighted by molar-refractivity contribution is 0.269. The third-order valence-electron chi connectivity index (χ3n) is 4.91. The lowest BCUT2D eigenvalue weighted by Crippen LogP contribution is -2.17. The number of ether oxygens (including phenoxy) is 2. The quantitative estimate of drug-likeness (QED) is 0.307. The highest BCUT2D eigenvalue weighted by atomic mass is 35.5. The smallest absolute Gasteiger partial charge is 0.238 e. The Bertz CT molecular complexity index is 1240. The van der Waals surface area contributed by atoms with Gasteiger partial charge in [0.1, 0.15) is 6.61 Å². The molecule has 0 fully saturated rings. The molecular formula is C24H25Cl3N2O4S. The minimum absolute atomic E-state index is 0.101. The van der Waals surface area contributed by atoms with Gasteiger partial charge in [0.2, 0.25) is 10.0 Å². The zero-order chi connectivity index (χ0) is 24.7. The van der Waals surface area contributed by atoms with Gasteiger partial charge in [0.15, 0.2) is 11.5 Å². The van der Waals surface area contributed by atoms with Crippen molar-refractivity contribution in [2.45, 2.75) is 31.4 Å². The van der Waals surface area contributed by atoms with E-state index in [1.807, 2.05) is 25.1 Å². The van der Waals surface area contributed by atoms with Crippen molar-refractivity contribution < 1.29 is 17.9 Å². The summed E-state index contributed by atoms with van der Waals surface area (Å²) in [6.45, 7) is 3.88. The van der Waals surface area contributed by atoms with Crippen LogP contribution in [0.25, 0.3) is 0 Å². The van der Waals surface area contributed by atoms with Crippen molar-refractivity contribution >= 4 is 44.8 Å². The molecule has 34 heavy (non-hydrogen) atoms. The van der Waals surface area contributed by atoms with Crippen molar-refractivity contribution in [3.05, 3.63) is 86.4 Å². The summed E-state index contributed by atoms with van der Waals surface area (Å²) >= 11 is 18.6. The predicted molar refractivity (Wildman–Crippen MR) is 137 cm³/mol. The van der Waals surface area contributed by atoms with Gasteiger partial charge in [0, 0.05) is 6.54 Å². The summed E-state index contributed by atoms with van der Waals surface area (Å²) in [5.74, 6) is 1.03. The van der Waals surface area contributed by atoms with E-state index in [4.69, 9.17) is 49.4 Å². The van der Waals surface area contributed by atoms with Crippen LogP contribution in [0.15, 0.2) is 59.5 Å². The van der Waals surface area contributed by atoms with E-state index in [1.54, 1.807) is 24.3 Å². The van der Waals surface area contributed by atoms with E-state index in [-0.39, 0.29) is 11.5 Å². The van der Waals surface area contributed by atoms with Crippen LogP contribution in [-0.2, 0) is 29.6 Å². The summed E-state index contributed by atoms with van der Waals surface area (Å²) in [6.07, 6.45) is 0.724. The van der Waals surface area contributed by atoms with Gasteiger partial charge in [-0.2, -0.15) is 0 Å². The Morgan fingerprint density at radius 3 is 2.18 bits per heavy atom. The molecule has 0 spiro atoms. The highest BCUT2D eigenvalue weighted by Gasteiger charge is 2.14. The summed E-state index contributed by atoms with van der Waals surface area (Å²) in [6, 6.07) is 15.6. The first-order valence-corrected chi connectivity index (χ1v) is 13.2. The second-order valence-electron chi connectivity index (χ2n) is 7.49. The number of primary sulfonamides is 1. The lowest BCUT2D eigenvalue weighted by Gasteiger charge is -2.16. The van der Waals surface area contributed by atoms with Gasteiger partial charge in [-0.3, -0.25) is 0 Å². The number of nitrogens with two attached hydrogens (primary N) is 1. The van der Waals surface area contributed by atoms with E-state index < -0.39 is 10.0 Å². The van der Waals surface area contributed by atoms with E-state index in [0.717, 1.165) is 23.1 Å². The zero-order valence-electron chi connectivity index (χ0n) is 18.5. The Morgan fingerprint density at radius 2 is 1.53 bits per heavy atom. The van der Waals surface area contributed by atoms with E-state index in [2.05, 4.69) is 5.32 Å². The predicted octanol–water partition coefficient (Wildman–Crippen LogP) is 5.60. The van der Waals surface area contributed by atoms with Crippen molar-refractivity contribution in [1.82, 2.24) is 5.32 Å². The number of hydrogen-bond acceptors (Lipinski definition) is 5. The van der Waals surface area contributed by atoms with E-state index in [9.17, 15) is 8.42 Å². The van der Waals surface area contributed by atoms with Crippen LogP contribution in [0.5, 0.6) is 11.5 Å². The van der Waals surface area contributed by atoms with Crippen LogP contribution in [0, 0.1) is 0 Å². The highest BCUT2D eigenvalue weighted by molar-refractivity contribution is 7.89. The topological polar surface area (TPSA) is 90.6 Å². The Labute approximate surface area is 215 Å². The molecule has 0 aromatic heterocycles.